The Kier molecular flexibility index (Phi) is 5.15. The minimum absolute atomic E-state index is 0. The Hall–Kier alpha value is -1.56. The second kappa shape index (κ2) is 6.39. The van der Waals surface area contributed by atoms with Crippen molar-refractivity contribution in [3.05, 3.63) is 29.8 Å². The maximum atomic E-state index is 12.0. The lowest BCUT2D eigenvalue weighted by molar-refractivity contribution is -0.0498. The van der Waals surface area contributed by atoms with Crippen LogP contribution < -0.4 is 15.8 Å². The van der Waals surface area contributed by atoms with Gasteiger partial charge in [-0.25, -0.2) is 0 Å². The van der Waals surface area contributed by atoms with E-state index in [4.69, 9.17) is 5.73 Å². The summed E-state index contributed by atoms with van der Waals surface area (Å²) in [6, 6.07) is 6.60. The van der Waals surface area contributed by atoms with Crippen molar-refractivity contribution in [1.29, 1.82) is 0 Å². The van der Waals surface area contributed by atoms with Gasteiger partial charge in [-0.2, -0.15) is 8.78 Å². The highest BCUT2D eigenvalue weighted by molar-refractivity contribution is 5.85. The molecule has 0 bridgehead atoms. The fraction of sp³-hybridized carbons (Fsp3) is 0.364. The first-order valence-electron chi connectivity index (χ1n) is 5.26. The molecule has 0 aromatic heterocycles. The van der Waals surface area contributed by atoms with E-state index in [1.807, 2.05) is 0 Å². The molecular formula is C11H14ClF2N3O. The molecule has 1 aromatic carbocycles. The van der Waals surface area contributed by atoms with Crippen LogP contribution in [0.3, 0.4) is 0 Å². The molecule has 1 heterocycles. The zero-order valence-corrected chi connectivity index (χ0v) is 10.3. The van der Waals surface area contributed by atoms with Crippen LogP contribution >= 0.6 is 12.4 Å². The van der Waals surface area contributed by atoms with E-state index >= 15 is 0 Å². The van der Waals surface area contributed by atoms with E-state index < -0.39 is 6.61 Å². The van der Waals surface area contributed by atoms with E-state index in [0.29, 0.717) is 12.5 Å². The lowest BCUT2D eigenvalue weighted by atomic mass is 10.0. The summed E-state index contributed by atoms with van der Waals surface area (Å²) in [6.45, 7) is -2.13. The predicted octanol–water partition coefficient (Wildman–Crippen LogP) is 2.06. The van der Waals surface area contributed by atoms with Crippen molar-refractivity contribution in [3.8, 4) is 5.75 Å². The fourth-order valence-electron chi connectivity index (χ4n) is 1.74. The Balaban J connectivity index is 0.00000162. The van der Waals surface area contributed by atoms with Gasteiger partial charge in [-0.1, -0.05) is 12.1 Å². The van der Waals surface area contributed by atoms with Crippen molar-refractivity contribution in [3.63, 3.8) is 0 Å². The van der Waals surface area contributed by atoms with Crippen LogP contribution in [0.5, 0.6) is 5.75 Å². The largest absolute Gasteiger partial charge is 0.435 e. The summed E-state index contributed by atoms with van der Waals surface area (Å²) in [5.41, 5.74) is 6.55. The second-order valence-corrected chi connectivity index (χ2v) is 3.70. The first-order valence-corrected chi connectivity index (χ1v) is 5.26. The van der Waals surface area contributed by atoms with Crippen molar-refractivity contribution in [1.82, 2.24) is 5.32 Å². The van der Waals surface area contributed by atoms with Crippen molar-refractivity contribution in [2.45, 2.75) is 19.1 Å². The van der Waals surface area contributed by atoms with Crippen LogP contribution in [0, 0.1) is 0 Å². The lowest BCUT2D eigenvalue weighted by Crippen LogP contribution is -2.38. The molecule has 18 heavy (non-hydrogen) atoms. The number of hydrogen-bond acceptors (Lipinski definition) is 4. The summed E-state index contributed by atoms with van der Waals surface area (Å²) in [6.07, 6.45) is 0.829. The average Bonchev–Trinajstić information content (AvgIpc) is 2.29. The second-order valence-electron chi connectivity index (χ2n) is 3.70. The zero-order chi connectivity index (χ0) is 12.3. The van der Waals surface area contributed by atoms with Gasteiger partial charge in [0.1, 0.15) is 5.75 Å². The molecule has 0 saturated carbocycles. The van der Waals surface area contributed by atoms with Gasteiger partial charge in [0, 0.05) is 6.54 Å². The van der Waals surface area contributed by atoms with Crippen LogP contribution in [0.4, 0.5) is 8.78 Å². The number of hydrogen-bond donors (Lipinski definition) is 2. The molecule has 0 fully saturated rings. The minimum Gasteiger partial charge on any atom is -0.435 e. The number of nitrogens with two attached hydrogens (primary N) is 1. The Labute approximate surface area is 110 Å². The first-order chi connectivity index (χ1) is 8.15. The number of guanidine groups is 1. The molecule has 1 unspecified atom stereocenters. The Morgan fingerprint density at radius 2 is 2.00 bits per heavy atom. The summed E-state index contributed by atoms with van der Waals surface area (Å²) < 4.78 is 28.2. The summed E-state index contributed by atoms with van der Waals surface area (Å²) in [5, 5.41) is 3.03. The number of aliphatic imine (C=N–C) groups is 1. The Morgan fingerprint density at radius 3 is 2.56 bits per heavy atom. The van der Waals surface area contributed by atoms with E-state index in [1.54, 1.807) is 12.1 Å². The molecule has 1 aliphatic heterocycles. The highest BCUT2D eigenvalue weighted by Crippen LogP contribution is 2.22. The van der Waals surface area contributed by atoms with E-state index in [1.165, 1.54) is 12.1 Å². The summed E-state index contributed by atoms with van der Waals surface area (Å²) >= 11 is 0. The maximum absolute atomic E-state index is 12.0. The van der Waals surface area contributed by atoms with Gasteiger partial charge in [0.05, 0.1) is 6.04 Å². The molecule has 3 N–H and O–H groups in total. The van der Waals surface area contributed by atoms with Gasteiger partial charge >= 0.3 is 6.61 Å². The Morgan fingerprint density at radius 1 is 1.33 bits per heavy atom. The fourth-order valence-corrected chi connectivity index (χ4v) is 1.74. The van der Waals surface area contributed by atoms with E-state index in [0.717, 1.165) is 12.0 Å². The molecular weight excluding hydrogens is 264 g/mol. The summed E-state index contributed by atoms with van der Waals surface area (Å²) in [4.78, 5) is 4.02. The monoisotopic (exact) mass is 277 g/mol. The molecule has 1 atom stereocenters. The summed E-state index contributed by atoms with van der Waals surface area (Å²) in [7, 11) is 0. The predicted molar refractivity (Wildman–Crippen MR) is 67.3 cm³/mol. The maximum Gasteiger partial charge on any atom is 0.387 e. The number of nitrogens with one attached hydrogen (secondary N) is 1. The normalized spacial score (nSPS) is 18.6. The van der Waals surface area contributed by atoms with Gasteiger partial charge in [-0.05, 0) is 24.1 Å². The zero-order valence-electron chi connectivity index (χ0n) is 9.48. The molecule has 0 radical (unpaired) electrons. The van der Waals surface area contributed by atoms with Gasteiger partial charge in [-0.3, -0.25) is 4.99 Å². The third-order valence-corrected chi connectivity index (χ3v) is 2.53. The topological polar surface area (TPSA) is 59.6 Å². The van der Waals surface area contributed by atoms with Gasteiger partial charge in [0.15, 0.2) is 5.96 Å². The molecule has 7 heteroatoms. The highest BCUT2D eigenvalue weighted by Gasteiger charge is 2.15. The molecule has 0 aliphatic carbocycles. The van der Waals surface area contributed by atoms with E-state index in [-0.39, 0.29) is 24.2 Å². The van der Waals surface area contributed by atoms with Gasteiger partial charge in [0.25, 0.3) is 0 Å². The van der Waals surface area contributed by atoms with Crippen LogP contribution in [0.15, 0.2) is 29.3 Å². The van der Waals surface area contributed by atoms with Gasteiger partial charge < -0.3 is 15.8 Å². The van der Waals surface area contributed by atoms with Crippen molar-refractivity contribution in [2.24, 2.45) is 10.7 Å². The number of alkyl halides is 2. The SMILES string of the molecule is Cl.NC1=NCCC(c2ccc(OC(F)F)cc2)N1. The average molecular weight is 278 g/mol. The number of nitrogens with zero attached hydrogens (tertiary/aromatic N) is 1. The lowest BCUT2D eigenvalue weighted by Gasteiger charge is -2.23. The van der Waals surface area contributed by atoms with Crippen LogP contribution in [-0.2, 0) is 0 Å². The molecule has 100 valence electrons. The minimum atomic E-state index is -2.79. The molecule has 0 saturated heterocycles. The molecule has 1 aromatic rings. The van der Waals surface area contributed by atoms with E-state index in [2.05, 4.69) is 15.0 Å². The number of benzene rings is 1. The van der Waals surface area contributed by atoms with Crippen LogP contribution in [0.25, 0.3) is 0 Å². The third kappa shape index (κ3) is 3.73. The smallest absolute Gasteiger partial charge is 0.387 e. The van der Waals surface area contributed by atoms with Crippen LogP contribution in [0.1, 0.15) is 18.0 Å². The van der Waals surface area contributed by atoms with Crippen molar-refractivity contribution in [2.75, 3.05) is 6.54 Å². The molecule has 4 nitrogen and oxygen atoms in total. The Bertz CT molecular complexity index is 411. The van der Waals surface area contributed by atoms with Crippen molar-refractivity contribution >= 4 is 18.4 Å². The quantitative estimate of drug-likeness (QED) is 0.889. The number of halogens is 3. The highest BCUT2D eigenvalue weighted by atomic mass is 35.5. The molecule has 2 rings (SSSR count). The molecule has 1 aliphatic rings. The first kappa shape index (κ1) is 14.5. The van der Waals surface area contributed by atoms with Crippen LogP contribution in [0.2, 0.25) is 0 Å². The van der Waals surface area contributed by atoms with Gasteiger partial charge in [-0.15, -0.1) is 12.4 Å². The standard InChI is InChI=1S/C11H13F2N3O.ClH/c12-10(13)17-8-3-1-7(2-4-8)9-5-6-15-11(14)16-9;/h1-4,9-10H,5-6H2,(H3,14,15,16);1H. The van der Waals surface area contributed by atoms with Crippen LogP contribution in [-0.4, -0.2) is 19.1 Å². The van der Waals surface area contributed by atoms with Crippen molar-refractivity contribution < 1.29 is 13.5 Å². The summed E-state index contributed by atoms with van der Waals surface area (Å²) in [5.74, 6) is 0.565. The number of ether oxygens (including phenoxy) is 1. The van der Waals surface area contributed by atoms with E-state index in [9.17, 15) is 8.78 Å². The number of rotatable bonds is 3. The molecule has 0 spiro atoms. The van der Waals surface area contributed by atoms with Gasteiger partial charge in [0.2, 0.25) is 0 Å². The molecule has 0 amide bonds. The third-order valence-electron chi connectivity index (χ3n) is 2.53.